The van der Waals surface area contributed by atoms with E-state index in [1.807, 2.05) is 61.3 Å². The van der Waals surface area contributed by atoms with Crippen LogP contribution in [0.1, 0.15) is 123 Å². The molecule has 16 nitrogen and oxygen atoms in total. The molecule has 0 spiro atoms. The lowest BCUT2D eigenvalue weighted by molar-refractivity contribution is -0.136. The largest absolute Gasteiger partial charge is 0.418 e. The number of imidazole rings is 1. The summed E-state index contributed by atoms with van der Waals surface area (Å²) < 4.78 is 45.8. The van der Waals surface area contributed by atoms with Crippen LogP contribution >= 0.6 is 0 Å². The van der Waals surface area contributed by atoms with Gasteiger partial charge in [-0.15, -0.1) is 10.2 Å². The molecule has 1 unspecified atom stereocenters. The van der Waals surface area contributed by atoms with Gasteiger partial charge in [0.25, 0.3) is 5.91 Å². The lowest BCUT2D eigenvalue weighted by atomic mass is 9.88. The van der Waals surface area contributed by atoms with E-state index in [2.05, 4.69) is 45.5 Å². The zero-order chi connectivity index (χ0) is 54.7. The van der Waals surface area contributed by atoms with Crippen LogP contribution in [0, 0.1) is 0 Å². The molecule has 1 aliphatic carbocycles. The maximum atomic E-state index is 14.0. The van der Waals surface area contributed by atoms with Crippen molar-refractivity contribution in [2.75, 3.05) is 66.3 Å². The summed E-state index contributed by atoms with van der Waals surface area (Å²) in [4.78, 5) is 76.7. The van der Waals surface area contributed by atoms with Crippen molar-refractivity contribution in [2.24, 2.45) is 7.05 Å². The molecule has 1 saturated heterocycles. The Kier molecular flexibility index (Phi) is 22.2. The van der Waals surface area contributed by atoms with Gasteiger partial charge in [-0.05, 0) is 99.4 Å². The number of likely N-dealkylation sites (N-methyl/N-ethyl adjacent to an activating group) is 3. The first-order valence-corrected chi connectivity index (χ1v) is 25.3. The number of rotatable bonds is 18. The van der Waals surface area contributed by atoms with Gasteiger partial charge in [0.2, 0.25) is 6.41 Å². The smallest absolute Gasteiger partial charge is 0.371 e. The number of anilines is 1. The molecule has 2 aliphatic rings. The van der Waals surface area contributed by atoms with Gasteiger partial charge in [0.15, 0.2) is 0 Å². The summed E-state index contributed by atoms with van der Waals surface area (Å²) in [5.41, 5.74) is 3.66. The first-order chi connectivity index (χ1) is 36.0. The van der Waals surface area contributed by atoms with Crippen molar-refractivity contribution in [3.05, 3.63) is 147 Å². The van der Waals surface area contributed by atoms with Gasteiger partial charge in [-0.2, -0.15) is 13.2 Å². The van der Waals surface area contributed by atoms with Crippen molar-refractivity contribution in [1.82, 2.24) is 43.7 Å². The zero-order valence-corrected chi connectivity index (χ0v) is 44.1. The van der Waals surface area contributed by atoms with Crippen LogP contribution in [0.15, 0.2) is 96.3 Å². The molecule has 2 amide bonds. The number of halogens is 3. The Morgan fingerprint density at radius 3 is 2.09 bits per heavy atom. The summed E-state index contributed by atoms with van der Waals surface area (Å²) in [5, 5.41) is 10.1. The monoisotopic (exact) mass is 1040 g/mol. The third kappa shape index (κ3) is 16.4. The number of nitrogens with zero attached hydrogens (tertiary/aromatic N) is 9. The number of aryl methyl sites for hydroxylation is 1. The first kappa shape index (κ1) is 58.6. The Morgan fingerprint density at radius 1 is 0.867 bits per heavy atom. The summed E-state index contributed by atoms with van der Waals surface area (Å²) in [6, 6.07) is 21.5. The number of hydrogen-bond donors (Lipinski definition) is 1. The Hall–Kier alpha value is -7.25. The van der Waals surface area contributed by atoms with Gasteiger partial charge in [0, 0.05) is 89.5 Å². The Balaban J connectivity index is 0.000000243. The van der Waals surface area contributed by atoms with E-state index in [4.69, 9.17) is 4.79 Å². The molecule has 1 atom stereocenters. The molecular weight excluding hydrogens is 966 g/mol. The molecule has 0 bridgehead atoms. The van der Waals surface area contributed by atoms with Crippen LogP contribution in [0.25, 0.3) is 11.2 Å². The highest BCUT2D eigenvalue weighted by Crippen LogP contribution is 2.34. The van der Waals surface area contributed by atoms with Crippen molar-refractivity contribution in [3.63, 3.8) is 0 Å². The highest BCUT2D eigenvalue weighted by molar-refractivity contribution is 5.94. The molecule has 2 fully saturated rings. The third-order valence-corrected chi connectivity index (χ3v) is 13.4. The van der Waals surface area contributed by atoms with E-state index in [0.29, 0.717) is 61.0 Å². The lowest BCUT2D eigenvalue weighted by Gasteiger charge is -2.34. The minimum absolute atomic E-state index is 0.130. The van der Waals surface area contributed by atoms with Crippen LogP contribution in [0.3, 0.4) is 0 Å². The Bertz CT molecular complexity index is 2860. The molecule has 8 rings (SSSR count). The van der Waals surface area contributed by atoms with Crippen LogP contribution in [-0.4, -0.2) is 137 Å². The Morgan fingerprint density at radius 2 is 1.55 bits per heavy atom. The van der Waals surface area contributed by atoms with E-state index in [1.165, 1.54) is 49.4 Å². The van der Waals surface area contributed by atoms with Crippen molar-refractivity contribution in [2.45, 2.75) is 89.4 Å². The second kappa shape index (κ2) is 28.4. The van der Waals surface area contributed by atoms with Crippen molar-refractivity contribution in [3.8, 4) is 5.69 Å². The number of aromatic nitrogens is 5. The standard InChI is InChI=1S/C26H32N2O3.C24H26F3N7O2.C4H8.C2H5NO/c1-3-4-26(19-31)27(2)16-24-15-25(10-9-23(24)18-30)28-13-11-22(12-14-28)21-7-5-20(17-29)6-8-21;1-30(2)8-9-31(3)22(35)17-12-19(24(25,26)27)20-14-33(23(36)34(20)13-17)18-7-5-6-16(10-18)11-21-29-28-15-32(21)4;1-2-4-3-1;1-3-2-4/h5-10,15,17-19,22,26H,3-4,11-14,16H2,1-2H3;5-7,10,12-15H,8-9,11H2,1-4H3;1-4H2;2H,1H3,(H,3,4). The van der Waals surface area contributed by atoms with Crippen molar-refractivity contribution in [1.29, 1.82) is 0 Å². The average molecular weight is 1040 g/mol. The summed E-state index contributed by atoms with van der Waals surface area (Å²) in [7, 11) is 10.5. The fourth-order valence-electron chi connectivity index (χ4n) is 8.54. The number of fused-ring (bicyclic) bond motifs is 1. The number of carbonyl (C=O) groups excluding carboxylic acids is 5. The predicted molar refractivity (Wildman–Crippen MR) is 285 cm³/mol. The van der Waals surface area contributed by atoms with Gasteiger partial charge in [-0.3, -0.25) is 33.0 Å². The normalized spacial score (nSPS) is 13.8. The molecule has 1 aliphatic heterocycles. The molecule has 1 saturated carbocycles. The van der Waals surface area contributed by atoms with Crippen molar-refractivity contribution < 1.29 is 37.1 Å². The predicted octanol–water partition coefficient (Wildman–Crippen LogP) is 7.88. The fraction of sp³-hybridized carbons (Fsp3) is 0.429. The molecule has 402 valence electrons. The van der Waals surface area contributed by atoms with E-state index >= 15 is 0 Å². The molecule has 3 aromatic carbocycles. The van der Waals surface area contributed by atoms with Gasteiger partial charge in [-0.25, -0.2) is 4.79 Å². The lowest BCUT2D eigenvalue weighted by Crippen LogP contribution is -2.34. The second-order valence-electron chi connectivity index (χ2n) is 19.2. The quantitative estimate of drug-likeness (QED) is 0.0833. The number of benzene rings is 3. The molecule has 3 aromatic heterocycles. The summed E-state index contributed by atoms with van der Waals surface area (Å²) in [6.45, 7) is 5.40. The number of piperidine rings is 1. The molecule has 19 heteroatoms. The number of alkyl halides is 3. The minimum Gasteiger partial charge on any atom is -0.371 e. The van der Waals surface area contributed by atoms with Crippen LogP contribution in [0.2, 0.25) is 0 Å². The highest BCUT2D eigenvalue weighted by Gasteiger charge is 2.35. The van der Waals surface area contributed by atoms with Crippen LogP contribution in [-0.2, 0) is 35.8 Å². The summed E-state index contributed by atoms with van der Waals surface area (Å²) in [6.07, 6.45) is 12.8. The van der Waals surface area contributed by atoms with Crippen LogP contribution < -0.4 is 15.9 Å². The molecule has 4 heterocycles. The molecule has 0 radical (unpaired) electrons. The van der Waals surface area contributed by atoms with Crippen molar-refractivity contribution >= 4 is 42.4 Å². The van der Waals surface area contributed by atoms with Gasteiger partial charge in [-0.1, -0.05) is 75.4 Å². The fourth-order valence-corrected chi connectivity index (χ4v) is 8.54. The van der Waals surface area contributed by atoms with Gasteiger partial charge in [0.05, 0.1) is 28.4 Å². The third-order valence-electron chi connectivity index (χ3n) is 13.4. The maximum absolute atomic E-state index is 14.0. The maximum Gasteiger partial charge on any atom is 0.418 e. The SMILES string of the molecule is C1CCC1.CCCC(C=O)N(C)Cc1cc(N2CCC(c3ccc(C=O)cc3)CC2)ccc1C=O.CN(C)CCN(C)C(=O)c1cc(C(F)(F)F)c2cn(-c3cccc(Cc4nncn4C)c3)c(=O)n2c1.CNC=O. The topological polar surface area (TPSA) is 167 Å². The van der Waals surface area contributed by atoms with Gasteiger partial charge in [0.1, 0.15) is 31.0 Å². The molecule has 1 N–H and O–H groups in total. The van der Waals surface area contributed by atoms with E-state index in [-0.39, 0.29) is 17.1 Å². The first-order valence-electron chi connectivity index (χ1n) is 25.3. The molecule has 6 aromatic rings. The minimum atomic E-state index is -4.77. The average Bonchev–Trinajstić information content (AvgIpc) is 3.96. The van der Waals surface area contributed by atoms with E-state index < -0.39 is 23.3 Å². The number of amides is 2. The van der Waals surface area contributed by atoms with Crippen LogP contribution in [0.5, 0.6) is 0 Å². The number of aldehydes is 3. The Labute approximate surface area is 437 Å². The van der Waals surface area contributed by atoms with E-state index in [0.717, 1.165) is 95.7 Å². The van der Waals surface area contributed by atoms with Gasteiger partial charge < -0.3 is 29.4 Å². The number of nitrogens with one attached hydrogen (secondary N) is 1. The molecular formula is C56H71F3N10O6. The summed E-state index contributed by atoms with van der Waals surface area (Å²) >= 11 is 0. The molecule has 75 heavy (non-hydrogen) atoms. The number of carbonyl (C=O) groups is 5. The zero-order valence-electron chi connectivity index (χ0n) is 44.1. The highest BCUT2D eigenvalue weighted by atomic mass is 19.4. The van der Waals surface area contributed by atoms with Gasteiger partial charge >= 0.3 is 11.9 Å². The second-order valence-corrected chi connectivity index (χ2v) is 19.2. The van der Waals surface area contributed by atoms with E-state index in [9.17, 15) is 37.1 Å². The summed E-state index contributed by atoms with van der Waals surface area (Å²) in [5.74, 6) is 0.594. The van der Waals surface area contributed by atoms with E-state index in [1.54, 1.807) is 43.2 Å². The number of hydrogen-bond acceptors (Lipinski definition) is 11. The van der Waals surface area contributed by atoms with Crippen LogP contribution in [0.4, 0.5) is 18.9 Å². The number of pyridine rings is 1.